The minimum absolute atomic E-state index is 0.104. The number of carbonyl (C=O) groups excluding carboxylic acids is 2. The maximum atomic E-state index is 13.3. The summed E-state index contributed by atoms with van der Waals surface area (Å²) in [6.07, 6.45) is 0. The van der Waals surface area contributed by atoms with E-state index in [2.05, 4.69) is 0 Å². The maximum absolute atomic E-state index is 13.3. The zero-order chi connectivity index (χ0) is 31.1. The number of hydrogen-bond acceptors (Lipinski definition) is 6. The number of carboxylic acids is 2. The first-order valence-corrected chi connectivity index (χ1v) is 19.9. The van der Waals surface area contributed by atoms with Gasteiger partial charge < -0.3 is 19.8 Å². The number of sulfone groups is 1. The number of benzene rings is 5. The molecule has 43 heavy (non-hydrogen) atoms. The van der Waals surface area contributed by atoms with Crippen molar-refractivity contribution >= 4 is 76.5 Å². The van der Waals surface area contributed by atoms with Crippen LogP contribution in [0.4, 0.5) is 4.39 Å². The molecule has 0 radical (unpaired) electrons. The third-order valence-electron chi connectivity index (χ3n) is 6.00. The van der Waals surface area contributed by atoms with Crippen LogP contribution < -0.4 is 20.0 Å². The zero-order valence-electron chi connectivity index (χ0n) is 22.0. The summed E-state index contributed by atoms with van der Waals surface area (Å²) in [5, 5.41) is 21.2. The molecule has 5 aromatic rings. The summed E-state index contributed by atoms with van der Waals surface area (Å²) < 4.78 is 42.0. The van der Waals surface area contributed by atoms with Crippen molar-refractivity contribution in [1.82, 2.24) is 0 Å². The molecular formula is C32H20BiCl2FO6S. The predicted molar refractivity (Wildman–Crippen MR) is 161 cm³/mol. The topological polar surface area (TPSA) is 114 Å². The second kappa shape index (κ2) is 14.2. The molecule has 216 valence electrons. The van der Waals surface area contributed by atoms with Gasteiger partial charge in [-0.25, -0.2) is 0 Å². The Morgan fingerprint density at radius 3 is 1.40 bits per heavy atom. The van der Waals surface area contributed by atoms with Gasteiger partial charge in [0.05, 0.1) is 11.9 Å². The van der Waals surface area contributed by atoms with Crippen molar-refractivity contribution < 1.29 is 32.6 Å². The van der Waals surface area contributed by atoms with Gasteiger partial charge in [-0.1, -0.05) is 47.5 Å². The average Bonchev–Trinajstić information content (AvgIpc) is 2.99. The molecule has 0 atom stereocenters. The fraction of sp³-hybridized carbons (Fsp3) is 0. The summed E-state index contributed by atoms with van der Waals surface area (Å²) in [6, 6.07) is 32.9. The second-order valence-electron chi connectivity index (χ2n) is 8.85. The summed E-state index contributed by atoms with van der Waals surface area (Å²) in [7, 11) is -3.47. The first kappa shape index (κ1) is 32.3. The van der Waals surface area contributed by atoms with Crippen molar-refractivity contribution in [3.05, 3.63) is 148 Å². The van der Waals surface area contributed by atoms with Gasteiger partial charge in [-0.15, -0.1) is 0 Å². The third-order valence-corrected chi connectivity index (χ3v) is 19.5. The van der Waals surface area contributed by atoms with Crippen LogP contribution in [0.15, 0.2) is 131 Å². The molecule has 0 amide bonds. The van der Waals surface area contributed by atoms with E-state index in [4.69, 9.17) is 23.2 Å². The van der Waals surface area contributed by atoms with Crippen LogP contribution >= 0.6 is 23.2 Å². The Labute approximate surface area is 265 Å². The van der Waals surface area contributed by atoms with Crippen LogP contribution in [-0.4, -0.2) is 42.1 Å². The van der Waals surface area contributed by atoms with Crippen LogP contribution in [-0.2, 0) is 9.84 Å². The molecular weight excluding hydrogens is 811 g/mol. The van der Waals surface area contributed by atoms with Gasteiger partial charge >= 0.3 is 143 Å². The summed E-state index contributed by atoms with van der Waals surface area (Å²) in [5.41, 5.74) is 0.208. The molecule has 1 heterocycles. The van der Waals surface area contributed by atoms with Gasteiger partial charge in [-0.2, -0.15) is 0 Å². The first-order valence-electron chi connectivity index (χ1n) is 12.4. The molecule has 0 aliphatic carbocycles. The summed E-state index contributed by atoms with van der Waals surface area (Å²) in [4.78, 5) is 21.2. The number of halogens is 3. The van der Waals surface area contributed by atoms with E-state index in [0.717, 1.165) is 9.81 Å². The third kappa shape index (κ3) is 7.86. The molecule has 0 aromatic heterocycles. The standard InChI is InChI=1S/C12H8O2S.2C7H5ClO2.C6H4F.Bi/c13-15(14,11-7-3-1-4-8-11)12-9-5-2-6-10-12;2*8-6-3-1-2-5(4-6)7(9)10;7-6-4-2-1-3-5-6;/h1-7,9H;2*1-4H,(H,9,10);2-5H;/q;;;;+2/p-2. The predicted octanol–water partition coefficient (Wildman–Crippen LogP) is 2.90. The number of aromatic carboxylic acids is 2. The monoisotopic (exact) mass is 830 g/mol. The Hall–Kier alpha value is -3.62. The van der Waals surface area contributed by atoms with E-state index in [9.17, 15) is 32.6 Å². The first-order chi connectivity index (χ1) is 20.5. The molecule has 6 rings (SSSR count). The van der Waals surface area contributed by atoms with Crippen LogP contribution in [0.5, 0.6) is 0 Å². The van der Waals surface area contributed by atoms with E-state index in [0.29, 0.717) is 19.8 Å². The molecule has 11 heteroatoms. The van der Waals surface area contributed by atoms with Gasteiger partial charge in [-0.05, 0) is 35.4 Å². The van der Waals surface area contributed by atoms with Crippen molar-refractivity contribution in [1.29, 1.82) is 0 Å². The van der Waals surface area contributed by atoms with E-state index < -0.39 is 43.5 Å². The zero-order valence-corrected chi connectivity index (χ0v) is 27.8. The minimum atomic E-state index is -3.47. The van der Waals surface area contributed by atoms with E-state index in [1.54, 1.807) is 60.7 Å². The Morgan fingerprint density at radius 1 is 0.605 bits per heavy atom. The summed E-state index contributed by atoms with van der Waals surface area (Å²) in [6.45, 7) is 0. The number of fused-ring (bicyclic) bond motifs is 2. The van der Waals surface area contributed by atoms with Crippen molar-refractivity contribution in [3.63, 3.8) is 0 Å². The quantitative estimate of drug-likeness (QED) is 0.254. The van der Waals surface area contributed by atoms with Gasteiger partial charge in [0.15, 0.2) is 0 Å². The van der Waals surface area contributed by atoms with Gasteiger partial charge in [0.25, 0.3) is 0 Å². The van der Waals surface area contributed by atoms with Gasteiger partial charge in [0.1, 0.15) is 0 Å². The van der Waals surface area contributed by atoms with Crippen molar-refractivity contribution in [2.24, 2.45) is 0 Å². The van der Waals surface area contributed by atoms with Crippen molar-refractivity contribution in [2.45, 2.75) is 9.79 Å². The molecule has 0 N–H and O–H groups in total. The molecule has 6 nitrogen and oxygen atoms in total. The van der Waals surface area contributed by atoms with E-state index in [1.165, 1.54) is 36.4 Å². The Bertz CT molecular complexity index is 1790. The molecule has 0 saturated heterocycles. The molecule has 0 unspecified atom stereocenters. The van der Waals surface area contributed by atoms with Crippen molar-refractivity contribution in [2.75, 3.05) is 0 Å². The SMILES string of the molecule is O=C([O-])c1cccc(Cl)c1.O=C([O-])c1cccc(Cl)c1.O=S1(=O)c2cccc[c]2[Bi+2]([c]2ccc(F)cc2)[c]2ccccc21. The molecule has 0 fully saturated rings. The number of carboxylic acid groups (broad SMARTS) is 2. The molecule has 5 aromatic carbocycles. The fourth-order valence-electron chi connectivity index (χ4n) is 4.09. The Kier molecular flexibility index (Phi) is 10.7. The van der Waals surface area contributed by atoms with E-state index in [-0.39, 0.29) is 16.9 Å². The van der Waals surface area contributed by atoms with Gasteiger partial charge in [0, 0.05) is 10.0 Å². The van der Waals surface area contributed by atoms with Crippen LogP contribution in [0.3, 0.4) is 0 Å². The fourth-order valence-corrected chi connectivity index (χ4v) is 19.3. The average molecular weight is 831 g/mol. The number of carbonyl (C=O) groups is 2. The van der Waals surface area contributed by atoms with Crippen LogP contribution in [0, 0.1) is 5.82 Å². The number of rotatable bonds is 3. The van der Waals surface area contributed by atoms with Crippen LogP contribution in [0.1, 0.15) is 20.7 Å². The van der Waals surface area contributed by atoms with Crippen LogP contribution in [0.25, 0.3) is 0 Å². The van der Waals surface area contributed by atoms with Gasteiger partial charge in [0.2, 0.25) is 0 Å². The summed E-state index contributed by atoms with van der Waals surface area (Å²) >= 11 is 8.27. The molecule has 1 aliphatic rings. The second-order valence-corrected chi connectivity index (χ2v) is 20.0. The molecule has 1 aliphatic heterocycles. The van der Waals surface area contributed by atoms with E-state index in [1.807, 2.05) is 24.3 Å². The molecule has 0 spiro atoms. The molecule has 0 saturated carbocycles. The van der Waals surface area contributed by atoms with Gasteiger partial charge in [-0.3, -0.25) is 0 Å². The van der Waals surface area contributed by atoms with Crippen molar-refractivity contribution in [3.8, 4) is 0 Å². The molecule has 0 bridgehead atoms. The van der Waals surface area contributed by atoms with Crippen LogP contribution in [0.2, 0.25) is 10.0 Å². The number of hydrogen-bond donors (Lipinski definition) is 0. The van der Waals surface area contributed by atoms with E-state index >= 15 is 0 Å². The summed E-state index contributed by atoms with van der Waals surface area (Å²) in [5.74, 6) is -2.69. The Balaban J connectivity index is 0.000000175. The Morgan fingerprint density at radius 2 is 1.02 bits per heavy atom. The normalized spacial score (nSPS) is 12.3.